The quantitative estimate of drug-likeness (QED) is 0.823. The molecule has 1 heterocycles. The van der Waals surface area contributed by atoms with E-state index >= 15 is 0 Å². The Labute approximate surface area is 121 Å². The van der Waals surface area contributed by atoms with E-state index in [4.69, 9.17) is 5.73 Å². The zero-order chi connectivity index (χ0) is 14.2. The van der Waals surface area contributed by atoms with Crippen LogP contribution < -0.4 is 11.1 Å². The molecule has 2 rings (SSSR count). The monoisotopic (exact) mass is 275 g/mol. The summed E-state index contributed by atoms with van der Waals surface area (Å²) in [4.78, 5) is 14.6. The van der Waals surface area contributed by atoms with Crippen LogP contribution in [0.2, 0.25) is 0 Å². The van der Waals surface area contributed by atoms with E-state index in [9.17, 15) is 4.79 Å². The fourth-order valence-electron chi connectivity index (χ4n) is 2.72. The number of nitrogens with one attached hydrogen (secondary N) is 1. The first-order chi connectivity index (χ1) is 9.81. The van der Waals surface area contributed by atoms with Gasteiger partial charge in [0, 0.05) is 19.6 Å². The van der Waals surface area contributed by atoms with Crippen molar-refractivity contribution >= 4 is 5.91 Å². The predicted molar refractivity (Wildman–Crippen MR) is 81.5 cm³/mol. The molecule has 1 aliphatic rings. The van der Waals surface area contributed by atoms with Crippen LogP contribution in [0.5, 0.6) is 0 Å². The lowest BCUT2D eigenvalue weighted by atomic mass is 9.98. The maximum absolute atomic E-state index is 12.2. The van der Waals surface area contributed by atoms with Gasteiger partial charge in [-0.15, -0.1) is 0 Å². The Morgan fingerprint density at radius 2 is 1.90 bits per heavy atom. The molecule has 0 bridgehead atoms. The molecule has 4 nitrogen and oxygen atoms in total. The smallest absolute Gasteiger partial charge is 0.228 e. The number of rotatable bonds is 6. The number of hydrogen-bond donors (Lipinski definition) is 2. The Morgan fingerprint density at radius 3 is 2.55 bits per heavy atom. The molecule has 1 fully saturated rings. The van der Waals surface area contributed by atoms with Crippen LogP contribution in [-0.4, -0.2) is 43.5 Å². The Hall–Kier alpha value is -1.39. The second-order valence-corrected chi connectivity index (χ2v) is 5.39. The highest BCUT2D eigenvalue weighted by molar-refractivity contribution is 5.83. The molecular formula is C16H25N3O. The number of benzene rings is 1. The molecule has 4 heteroatoms. The van der Waals surface area contributed by atoms with E-state index in [0.29, 0.717) is 13.1 Å². The van der Waals surface area contributed by atoms with Crippen molar-refractivity contribution in [3.8, 4) is 0 Å². The van der Waals surface area contributed by atoms with Gasteiger partial charge in [0.25, 0.3) is 0 Å². The SMILES string of the molecule is NCC(C(=O)NCCN1CCCCC1)c1ccccc1. The van der Waals surface area contributed by atoms with Crippen molar-refractivity contribution in [3.63, 3.8) is 0 Å². The summed E-state index contributed by atoms with van der Waals surface area (Å²) in [5.74, 6) is -0.201. The maximum atomic E-state index is 12.2. The first kappa shape index (κ1) is 15.0. The van der Waals surface area contributed by atoms with Gasteiger partial charge in [0.15, 0.2) is 0 Å². The van der Waals surface area contributed by atoms with Gasteiger partial charge in [-0.25, -0.2) is 0 Å². The molecule has 1 unspecified atom stereocenters. The molecule has 0 aromatic heterocycles. The average Bonchev–Trinajstić information content (AvgIpc) is 2.50. The Kier molecular flexibility index (Phi) is 6.02. The average molecular weight is 275 g/mol. The van der Waals surface area contributed by atoms with E-state index in [0.717, 1.165) is 25.2 Å². The Balaban J connectivity index is 1.78. The molecule has 20 heavy (non-hydrogen) atoms. The zero-order valence-electron chi connectivity index (χ0n) is 12.1. The van der Waals surface area contributed by atoms with Crippen molar-refractivity contribution < 1.29 is 4.79 Å². The van der Waals surface area contributed by atoms with Crippen LogP contribution in [0.15, 0.2) is 30.3 Å². The van der Waals surface area contributed by atoms with Gasteiger partial charge < -0.3 is 16.0 Å². The van der Waals surface area contributed by atoms with Gasteiger partial charge in [-0.05, 0) is 31.5 Å². The van der Waals surface area contributed by atoms with Crippen LogP contribution in [0.4, 0.5) is 0 Å². The number of nitrogens with two attached hydrogens (primary N) is 1. The summed E-state index contributed by atoms with van der Waals surface area (Å²) in [6.45, 7) is 4.32. The van der Waals surface area contributed by atoms with Gasteiger partial charge in [0.05, 0.1) is 5.92 Å². The molecule has 3 N–H and O–H groups in total. The molecule has 0 aliphatic carbocycles. The highest BCUT2D eigenvalue weighted by atomic mass is 16.1. The summed E-state index contributed by atoms with van der Waals surface area (Å²) in [7, 11) is 0. The van der Waals surface area contributed by atoms with Crippen LogP contribution in [0, 0.1) is 0 Å². The molecule has 1 saturated heterocycles. The number of amides is 1. The Bertz CT molecular complexity index is 401. The third-order valence-electron chi connectivity index (χ3n) is 3.93. The number of likely N-dealkylation sites (tertiary alicyclic amines) is 1. The summed E-state index contributed by atoms with van der Waals surface area (Å²) in [5.41, 5.74) is 6.74. The lowest BCUT2D eigenvalue weighted by Gasteiger charge is -2.26. The van der Waals surface area contributed by atoms with E-state index in [1.54, 1.807) is 0 Å². The van der Waals surface area contributed by atoms with Gasteiger partial charge in [-0.2, -0.15) is 0 Å². The largest absolute Gasteiger partial charge is 0.354 e. The first-order valence-corrected chi connectivity index (χ1v) is 7.56. The molecule has 1 aromatic rings. The van der Waals surface area contributed by atoms with E-state index < -0.39 is 0 Å². The standard InChI is InChI=1S/C16H25N3O/c17-13-15(14-7-3-1-4-8-14)16(20)18-9-12-19-10-5-2-6-11-19/h1,3-4,7-8,15H,2,5-6,9-13,17H2,(H,18,20). The third kappa shape index (κ3) is 4.32. The molecule has 1 aliphatic heterocycles. The van der Waals surface area contributed by atoms with Crippen LogP contribution in [0.3, 0.4) is 0 Å². The minimum atomic E-state index is -0.238. The molecule has 0 radical (unpaired) electrons. The van der Waals surface area contributed by atoms with Gasteiger partial charge in [-0.1, -0.05) is 36.8 Å². The number of nitrogens with zero attached hydrogens (tertiary/aromatic N) is 1. The van der Waals surface area contributed by atoms with Crippen molar-refractivity contribution in [2.24, 2.45) is 5.73 Å². The lowest BCUT2D eigenvalue weighted by molar-refractivity contribution is -0.122. The molecule has 0 spiro atoms. The highest BCUT2D eigenvalue weighted by Gasteiger charge is 2.18. The van der Waals surface area contributed by atoms with Crippen LogP contribution >= 0.6 is 0 Å². The molecule has 110 valence electrons. The van der Waals surface area contributed by atoms with Crippen LogP contribution in [-0.2, 0) is 4.79 Å². The summed E-state index contributed by atoms with van der Waals surface area (Å²) in [6, 6.07) is 9.76. The van der Waals surface area contributed by atoms with Crippen molar-refractivity contribution in [2.75, 3.05) is 32.7 Å². The van der Waals surface area contributed by atoms with Gasteiger partial charge in [0.2, 0.25) is 5.91 Å². The van der Waals surface area contributed by atoms with Crippen molar-refractivity contribution in [2.45, 2.75) is 25.2 Å². The van der Waals surface area contributed by atoms with E-state index in [-0.39, 0.29) is 11.8 Å². The van der Waals surface area contributed by atoms with E-state index in [1.165, 1.54) is 19.3 Å². The first-order valence-electron chi connectivity index (χ1n) is 7.56. The second-order valence-electron chi connectivity index (χ2n) is 5.39. The minimum absolute atomic E-state index is 0.0377. The fraction of sp³-hybridized carbons (Fsp3) is 0.562. The molecular weight excluding hydrogens is 250 g/mol. The minimum Gasteiger partial charge on any atom is -0.354 e. The van der Waals surface area contributed by atoms with Crippen molar-refractivity contribution in [1.82, 2.24) is 10.2 Å². The van der Waals surface area contributed by atoms with E-state index in [1.807, 2.05) is 30.3 Å². The topological polar surface area (TPSA) is 58.4 Å². The third-order valence-corrected chi connectivity index (χ3v) is 3.93. The van der Waals surface area contributed by atoms with Gasteiger partial charge in [0.1, 0.15) is 0 Å². The van der Waals surface area contributed by atoms with Crippen molar-refractivity contribution in [1.29, 1.82) is 0 Å². The summed E-state index contributed by atoms with van der Waals surface area (Å²) < 4.78 is 0. The fourth-order valence-corrected chi connectivity index (χ4v) is 2.72. The molecule has 1 atom stereocenters. The lowest BCUT2D eigenvalue weighted by Crippen LogP contribution is -2.40. The highest BCUT2D eigenvalue weighted by Crippen LogP contribution is 2.14. The van der Waals surface area contributed by atoms with Crippen molar-refractivity contribution in [3.05, 3.63) is 35.9 Å². The van der Waals surface area contributed by atoms with Gasteiger partial charge in [-0.3, -0.25) is 4.79 Å². The normalized spacial score (nSPS) is 17.6. The summed E-state index contributed by atoms with van der Waals surface area (Å²) in [6.07, 6.45) is 3.90. The van der Waals surface area contributed by atoms with E-state index in [2.05, 4.69) is 10.2 Å². The zero-order valence-corrected chi connectivity index (χ0v) is 12.1. The Morgan fingerprint density at radius 1 is 1.20 bits per heavy atom. The number of hydrogen-bond acceptors (Lipinski definition) is 3. The predicted octanol–water partition coefficient (Wildman–Crippen LogP) is 1.33. The summed E-state index contributed by atoms with van der Waals surface area (Å²) in [5, 5.41) is 3.02. The second kappa shape index (κ2) is 8.02. The number of carbonyl (C=O) groups excluding carboxylic acids is 1. The number of piperidine rings is 1. The maximum Gasteiger partial charge on any atom is 0.228 e. The van der Waals surface area contributed by atoms with Gasteiger partial charge >= 0.3 is 0 Å². The number of carbonyl (C=O) groups is 1. The van der Waals surface area contributed by atoms with Crippen LogP contribution in [0.25, 0.3) is 0 Å². The molecule has 0 saturated carbocycles. The molecule has 1 amide bonds. The molecule has 1 aromatic carbocycles. The van der Waals surface area contributed by atoms with Crippen LogP contribution in [0.1, 0.15) is 30.7 Å². The summed E-state index contributed by atoms with van der Waals surface area (Å²) >= 11 is 0.